The van der Waals surface area contributed by atoms with Crippen LogP contribution in [0.4, 0.5) is 0 Å². The van der Waals surface area contributed by atoms with E-state index in [0.29, 0.717) is 5.92 Å². The molecule has 0 amide bonds. The molecular formula is C18H18. The SMILES string of the molecule is C1=CC2C=C2C(=C2CCc3ccccc3CC2)C1. The minimum absolute atomic E-state index is 0.701. The summed E-state index contributed by atoms with van der Waals surface area (Å²) in [6.45, 7) is 0. The molecule has 0 saturated carbocycles. The van der Waals surface area contributed by atoms with Crippen LogP contribution in [-0.2, 0) is 12.8 Å². The number of hydrogen-bond acceptors (Lipinski definition) is 0. The van der Waals surface area contributed by atoms with Gasteiger partial charge < -0.3 is 0 Å². The summed E-state index contributed by atoms with van der Waals surface area (Å²) in [5.41, 5.74) is 8.18. The lowest BCUT2D eigenvalue weighted by Gasteiger charge is -2.13. The molecule has 0 aliphatic heterocycles. The molecule has 1 atom stereocenters. The quantitative estimate of drug-likeness (QED) is 0.461. The maximum Gasteiger partial charge on any atom is 0.0204 e. The minimum Gasteiger partial charge on any atom is -0.0832 e. The van der Waals surface area contributed by atoms with Crippen molar-refractivity contribution in [3.05, 3.63) is 70.3 Å². The van der Waals surface area contributed by atoms with E-state index in [1.165, 1.54) is 32.1 Å². The second kappa shape index (κ2) is 3.98. The van der Waals surface area contributed by atoms with E-state index in [1.54, 1.807) is 27.8 Å². The highest BCUT2D eigenvalue weighted by molar-refractivity contribution is 5.55. The molecule has 0 N–H and O–H groups in total. The number of hydrogen-bond donors (Lipinski definition) is 0. The Morgan fingerprint density at radius 1 is 0.889 bits per heavy atom. The lowest BCUT2D eigenvalue weighted by atomic mass is 9.92. The highest BCUT2D eigenvalue weighted by Gasteiger charge is 2.29. The molecule has 3 aliphatic carbocycles. The Bertz CT molecular complexity index is 555. The van der Waals surface area contributed by atoms with E-state index in [-0.39, 0.29) is 0 Å². The highest BCUT2D eigenvalue weighted by atomic mass is 14.3. The molecular weight excluding hydrogens is 216 g/mol. The van der Waals surface area contributed by atoms with Gasteiger partial charge in [0, 0.05) is 5.92 Å². The van der Waals surface area contributed by atoms with Crippen molar-refractivity contribution >= 4 is 0 Å². The van der Waals surface area contributed by atoms with Gasteiger partial charge in [0.1, 0.15) is 0 Å². The van der Waals surface area contributed by atoms with Gasteiger partial charge in [0.05, 0.1) is 0 Å². The summed E-state index contributed by atoms with van der Waals surface area (Å²) in [5.74, 6) is 0.701. The van der Waals surface area contributed by atoms with E-state index in [9.17, 15) is 0 Å². The minimum atomic E-state index is 0.701. The molecule has 0 bridgehead atoms. The van der Waals surface area contributed by atoms with Crippen molar-refractivity contribution in [2.24, 2.45) is 5.92 Å². The molecule has 0 nitrogen and oxygen atoms in total. The van der Waals surface area contributed by atoms with Gasteiger partial charge in [-0.05, 0) is 54.4 Å². The molecule has 0 heteroatoms. The van der Waals surface area contributed by atoms with Crippen LogP contribution >= 0.6 is 0 Å². The fraction of sp³-hybridized carbons (Fsp3) is 0.333. The van der Waals surface area contributed by atoms with Crippen LogP contribution in [0.3, 0.4) is 0 Å². The number of benzene rings is 1. The molecule has 0 aromatic heterocycles. The molecule has 0 fully saturated rings. The lowest BCUT2D eigenvalue weighted by Crippen LogP contribution is -1.97. The maximum absolute atomic E-state index is 2.42. The summed E-state index contributed by atoms with van der Waals surface area (Å²) in [6, 6.07) is 8.98. The molecule has 18 heavy (non-hydrogen) atoms. The fourth-order valence-corrected chi connectivity index (χ4v) is 3.45. The van der Waals surface area contributed by atoms with Gasteiger partial charge >= 0.3 is 0 Å². The monoisotopic (exact) mass is 234 g/mol. The molecule has 0 saturated heterocycles. The lowest BCUT2D eigenvalue weighted by molar-refractivity contribution is 0.854. The van der Waals surface area contributed by atoms with E-state index >= 15 is 0 Å². The average Bonchev–Trinajstić information content (AvgIpc) is 3.21. The first kappa shape index (κ1) is 10.4. The molecule has 0 spiro atoms. The zero-order chi connectivity index (χ0) is 11.9. The van der Waals surface area contributed by atoms with Crippen molar-refractivity contribution in [3.63, 3.8) is 0 Å². The first-order chi connectivity index (χ1) is 8.92. The summed E-state index contributed by atoms with van der Waals surface area (Å²) in [5, 5.41) is 0. The molecule has 0 radical (unpaired) electrons. The standard InChI is InChI=1S/C18H18/c1-2-5-14-9-11-15(10-8-13(14)4-1)17-7-3-6-16-12-18(16)17/h1-6,12,16H,7-11H2. The van der Waals surface area contributed by atoms with Crippen molar-refractivity contribution in [2.45, 2.75) is 32.1 Å². The van der Waals surface area contributed by atoms with Gasteiger partial charge in [-0.15, -0.1) is 0 Å². The zero-order valence-electron chi connectivity index (χ0n) is 10.7. The Morgan fingerprint density at radius 3 is 2.33 bits per heavy atom. The second-order valence-corrected chi connectivity index (χ2v) is 5.63. The Kier molecular flexibility index (Phi) is 2.29. The Labute approximate surface area is 109 Å². The zero-order valence-corrected chi connectivity index (χ0v) is 10.7. The van der Waals surface area contributed by atoms with Crippen molar-refractivity contribution in [3.8, 4) is 0 Å². The smallest absolute Gasteiger partial charge is 0.0204 e. The van der Waals surface area contributed by atoms with Gasteiger partial charge in [0.15, 0.2) is 0 Å². The second-order valence-electron chi connectivity index (χ2n) is 5.63. The summed E-state index contributed by atoms with van der Waals surface area (Å²) in [7, 11) is 0. The largest absolute Gasteiger partial charge is 0.0832 e. The first-order valence-electron chi connectivity index (χ1n) is 7.08. The van der Waals surface area contributed by atoms with Gasteiger partial charge in [-0.3, -0.25) is 0 Å². The number of rotatable bonds is 0. The molecule has 1 aromatic rings. The summed E-state index contributed by atoms with van der Waals surface area (Å²) < 4.78 is 0. The molecule has 4 rings (SSSR count). The molecule has 1 unspecified atom stereocenters. The van der Waals surface area contributed by atoms with E-state index < -0.39 is 0 Å². The van der Waals surface area contributed by atoms with Crippen molar-refractivity contribution in [2.75, 3.05) is 0 Å². The Morgan fingerprint density at radius 2 is 1.61 bits per heavy atom. The van der Waals surface area contributed by atoms with Crippen molar-refractivity contribution in [1.82, 2.24) is 0 Å². The van der Waals surface area contributed by atoms with Crippen LogP contribution in [0, 0.1) is 5.92 Å². The van der Waals surface area contributed by atoms with Crippen LogP contribution in [0.1, 0.15) is 30.4 Å². The van der Waals surface area contributed by atoms with Gasteiger partial charge in [0.2, 0.25) is 0 Å². The van der Waals surface area contributed by atoms with Crippen LogP contribution < -0.4 is 0 Å². The first-order valence-corrected chi connectivity index (χ1v) is 7.08. The van der Waals surface area contributed by atoms with Crippen LogP contribution in [-0.4, -0.2) is 0 Å². The van der Waals surface area contributed by atoms with Gasteiger partial charge in [-0.1, -0.05) is 48.1 Å². The van der Waals surface area contributed by atoms with E-state index in [0.717, 1.165) is 0 Å². The summed E-state index contributed by atoms with van der Waals surface area (Å²) in [4.78, 5) is 0. The molecule has 0 heterocycles. The Balaban J connectivity index is 1.65. The van der Waals surface area contributed by atoms with Crippen molar-refractivity contribution in [1.29, 1.82) is 0 Å². The number of allylic oxidation sites excluding steroid dienone is 6. The fourth-order valence-electron chi connectivity index (χ4n) is 3.45. The topological polar surface area (TPSA) is 0 Å². The molecule has 3 aliphatic rings. The van der Waals surface area contributed by atoms with Crippen molar-refractivity contribution < 1.29 is 0 Å². The third-order valence-electron chi connectivity index (χ3n) is 4.56. The van der Waals surface area contributed by atoms with Crippen LogP contribution in [0.25, 0.3) is 0 Å². The number of fused-ring (bicyclic) bond motifs is 2. The van der Waals surface area contributed by atoms with Crippen LogP contribution in [0.5, 0.6) is 0 Å². The van der Waals surface area contributed by atoms with Gasteiger partial charge in [-0.2, -0.15) is 0 Å². The van der Waals surface area contributed by atoms with Gasteiger partial charge in [0.25, 0.3) is 0 Å². The van der Waals surface area contributed by atoms with Gasteiger partial charge in [-0.25, -0.2) is 0 Å². The normalized spacial score (nSPS) is 25.1. The van der Waals surface area contributed by atoms with Crippen LogP contribution in [0.2, 0.25) is 0 Å². The average molecular weight is 234 g/mol. The summed E-state index contributed by atoms with van der Waals surface area (Å²) >= 11 is 0. The maximum atomic E-state index is 2.42. The van der Waals surface area contributed by atoms with E-state index in [4.69, 9.17) is 0 Å². The third-order valence-corrected chi connectivity index (χ3v) is 4.56. The van der Waals surface area contributed by atoms with Crippen LogP contribution in [0.15, 0.2) is 59.2 Å². The highest BCUT2D eigenvalue weighted by Crippen LogP contribution is 2.44. The number of aryl methyl sites for hydroxylation is 2. The van der Waals surface area contributed by atoms with E-state index in [1.807, 2.05) is 0 Å². The summed E-state index contributed by atoms with van der Waals surface area (Å²) in [6.07, 6.45) is 13.3. The molecule has 90 valence electrons. The molecule has 1 aromatic carbocycles. The predicted molar refractivity (Wildman–Crippen MR) is 75.4 cm³/mol. The predicted octanol–water partition coefficient (Wildman–Crippen LogP) is 4.38. The Hall–Kier alpha value is -1.56. The third kappa shape index (κ3) is 1.68. The van der Waals surface area contributed by atoms with E-state index in [2.05, 4.69) is 42.5 Å².